The molecule has 1 fully saturated rings. The third kappa shape index (κ3) is 3.62. The smallest absolute Gasteiger partial charge is 0.0658 e. The van der Waals surface area contributed by atoms with E-state index in [9.17, 15) is 0 Å². The lowest BCUT2D eigenvalue weighted by Gasteiger charge is -2.45. The molecule has 136 valence electrons. The second kappa shape index (κ2) is 7.02. The van der Waals surface area contributed by atoms with Crippen LogP contribution < -0.4 is 0 Å². The van der Waals surface area contributed by atoms with Crippen molar-refractivity contribution < 1.29 is 4.74 Å². The molecule has 2 heterocycles. The lowest BCUT2D eigenvalue weighted by molar-refractivity contribution is -0.0402. The van der Waals surface area contributed by atoms with Crippen molar-refractivity contribution in [3.8, 4) is 0 Å². The van der Waals surface area contributed by atoms with Crippen molar-refractivity contribution in [1.29, 1.82) is 0 Å². The topological polar surface area (TPSA) is 12.5 Å². The number of ether oxygens (including phenoxy) is 1. The molecule has 2 aromatic rings. The molecule has 2 heteroatoms. The van der Waals surface area contributed by atoms with Gasteiger partial charge in [0.2, 0.25) is 0 Å². The van der Waals surface area contributed by atoms with Gasteiger partial charge < -0.3 is 4.74 Å². The van der Waals surface area contributed by atoms with Gasteiger partial charge >= 0.3 is 0 Å². The van der Waals surface area contributed by atoms with Gasteiger partial charge in [0.25, 0.3) is 0 Å². The average molecular weight is 348 g/mol. The number of rotatable bonds is 3. The van der Waals surface area contributed by atoms with Crippen molar-refractivity contribution in [1.82, 2.24) is 4.90 Å². The Bertz CT molecular complexity index is 770. The van der Waals surface area contributed by atoms with Crippen molar-refractivity contribution in [3.63, 3.8) is 0 Å². The van der Waals surface area contributed by atoms with Crippen molar-refractivity contribution in [2.45, 2.75) is 51.2 Å². The molecule has 2 nitrogen and oxygen atoms in total. The lowest BCUT2D eigenvalue weighted by atomic mass is 9.84. The van der Waals surface area contributed by atoms with Crippen LogP contribution in [-0.4, -0.2) is 30.2 Å². The van der Waals surface area contributed by atoms with E-state index in [1.165, 1.54) is 22.3 Å². The van der Waals surface area contributed by atoms with E-state index in [2.05, 4.69) is 86.3 Å². The van der Waals surface area contributed by atoms with Gasteiger partial charge in [-0.15, -0.1) is 0 Å². The molecule has 2 bridgehead atoms. The summed E-state index contributed by atoms with van der Waals surface area (Å²) in [5.74, 6) is 0. The average Bonchev–Trinajstić information content (AvgIpc) is 2.62. The van der Waals surface area contributed by atoms with Crippen molar-refractivity contribution >= 4 is 5.57 Å². The molecule has 0 aromatic heterocycles. The molecule has 2 aliphatic heterocycles. The summed E-state index contributed by atoms with van der Waals surface area (Å²) >= 11 is 0. The van der Waals surface area contributed by atoms with Gasteiger partial charge in [-0.25, -0.2) is 0 Å². The fraction of sp³-hybridized carbons (Fsp3) is 0.417. The number of nitrogens with zero attached hydrogens (tertiary/aromatic N) is 1. The van der Waals surface area contributed by atoms with Crippen molar-refractivity contribution in [2.24, 2.45) is 0 Å². The highest BCUT2D eigenvalue weighted by atomic mass is 16.5. The lowest BCUT2D eigenvalue weighted by Crippen LogP contribution is -2.53. The Kier molecular flexibility index (Phi) is 4.73. The first kappa shape index (κ1) is 17.5. The Balaban J connectivity index is 1.56. The standard InChI is InChI=1S/C24H29NO/c1-24(2,3)21-11-9-19(10-12-21)20-13-22-16-26-17-23(14-20)25(22)15-18-7-5-4-6-8-18/h4-13,22-23H,14-17H2,1-3H3. The van der Waals surface area contributed by atoms with Gasteiger partial charge in [-0.05, 0) is 34.1 Å². The molecule has 0 saturated carbocycles. The highest BCUT2D eigenvalue weighted by Crippen LogP contribution is 2.34. The van der Waals surface area contributed by atoms with Crippen LogP contribution in [0.3, 0.4) is 0 Å². The summed E-state index contributed by atoms with van der Waals surface area (Å²) in [6.07, 6.45) is 3.50. The summed E-state index contributed by atoms with van der Waals surface area (Å²) in [7, 11) is 0. The largest absolute Gasteiger partial charge is 0.378 e. The van der Waals surface area contributed by atoms with E-state index >= 15 is 0 Å². The minimum Gasteiger partial charge on any atom is -0.378 e. The van der Waals surface area contributed by atoms with Crippen LogP contribution in [0.4, 0.5) is 0 Å². The van der Waals surface area contributed by atoms with E-state index in [1.54, 1.807) is 0 Å². The summed E-state index contributed by atoms with van der Waals surface area (Å²) in [6, 6.07) is 20.8. The van der Waals surface area contributed by atoms with Gasteiger partial charge in [0.05, 0.1) is 19.3 Å². The molecule has 0 aliphatic carbocycles. The number of fused-ring (bicyclic) bond motifs is 2. The van der Waals surface area contributed by atoms with Crippen LogP contribution >= 0.6 is 0 Å². The Morgan fingerprint density at radius 2 is 1.69 bits per heavy atom. The molecule has 2 aliphatic rings. The summed E-state index contributed by atoms with van der Waals surface area (Å²) < 4.78 is 5.87. The fourth-order valence-corrected chi connectivity index (χ4v) is 4.10. The number of hydrogen-bond donors (Lipinski definition) is 0. The first-order valence-corrected chi connectivity index (χ1v) is 9.70. The quantitative estimate of drug-likeness (QED) is 0.771. The normalized spacial score (nSPS) is 23.6. The second-order valence-corrected chi connectivity index (χ2v) is 8.64. The zero-order chi connectivity index (χ0) is 18.1. The molecule has 2 unspecified atom stereocenters. The van der Waals surface area contributed by atoms with E-state index in [0.717, 1.165) is 26.2 Å². The van der Waals surface area contributed by atoms with E-state index < -0.39 is 0 Å². The molecule has 4 rings (SSSR count). The maximum Gasteiger partial charge on any atom is 0.0658 e. The van der Waals surface area contributed by atoms with Gasteiger partial charge in [0.1, 0.15) is 0 Å². The zero-order valence-corrected chi connectivity index (χ0v) is 16.1. The van der Waals surface area contributed by atoms with E-state index in [-0.39, 0.29) is 5.41 Å². The maximum absolute atomic E-state index is 5.87. The summed E-state index contributed by atoms with van der Waals surface area (Å²) in [5.41, 5.74) is 5.83. The minimum atomic E-state index is 0.205. The number of hydrogen-bond acceptors (Lipinski definition) is 2. The predicted octanol–water partition coefficient (Wildman–Crippen LogP) is 5.04. The third-order valence-electron chi connectivity index (χ3n) is 5.67. The molecule has 2 aromatic carbocycles. The Morgan fingerprint density at radius 3 is 2.35 bits per heavy atom. The first-order valence-electron chi connectivity index (χ1n) is 9.70. The highest BCUT2D eigenvalue weighted by Gasteiger charge is 2.34. The van der Waals surface area contributed by atoms with Crippen molar-refractivity contribution in [3.05, 3.63) is 77.4 Å². The van der Waals surface area contributed by atoms with Crippen LogP contribution in [0.5, 0.6) is 0 Å². The first-order chi connectivity index (χ1) is 12.5. The van der Waals surface area contributed by atoms with Crippen LogP contribution in [0.25, 0.3) is 5.57 Å². The minimum absolute atomic E-state index is 0.205. The van der Waals surface area contributed by atoms with Crippen LogP contribution in [0.15, 0.2) is 60.7 Å². The van der Waals surface area contributed by atoms with E-state index in [1.807, 2.05) is 0 Å². The van der Waals surface area contributed by atoms with Gasteiger partial charge in [0, 0.05) is 12.6 Å². The molecule has 2 atom stereocenters. The van der Waals surface area contributed by atoms with E-state index in [0.29, 0.717) is 12.1 Å². The second-order valence-electron chi connectivity index (χ2n) is 8.64. The fourth-order valence-electron chi connectivity index (χ4n) is 4.10. The molecular formula is C24H29NO. The molecular weight excluding hydrogens is 318 g/mol. The van der Waals surface area contributed by atoms with Gasteiger partial charge in [-0.2, -0.15) is 0 Å². The Hall–Kier alpha value is -1.90. The van der Waals surface area contributed by atoms with Gasteiger partial charge in [-0.1, -0.05) is 81.4 Å². The monoisotopic (exact) mass is 347 g/mol. The number of morpholine rings is 1. The molecule has 0 N–H and O–H groups in total. The molecule has 0 amide bonds. The predicted molar refractivity (Wildman–Crippen MR) is 108 cm³/mol. The SMILES string of the molecule is CC(C)(C)c1ccc(C2=CC3COCC(C2)N3Cc2ccccc2)cc1. The maximum atomic E-state index is 5.87. The molecule has 0 spiro atoms. The van der Waals surface area contributed by atoms with E-state index in [4.69, 9.17) is 4.74 Å². The summed E-state index contributed by atoms with van der Waals surface area (Å²) in [6.45, 7) is 9.45. The Labute approximate surface area is 157 Å². The molecule has 1 saturated heterocycles. The third-order valence-corrected chi connectivity index (χ3v) is 5.67. The molecule has 0 radical (unpaired) electrons. The van der Waals surface area contributed by atoms with Gasteiger partial charge in [-0.3, -0.25) is 4.90 Å². The number of benzene rings is 2. The van der Waals surface area contributed by atoms with Crippen LogP contribution in [0, 0.1) is 0 Å². The van der Waals surface area contributed by atoms with Crippen molar-refractivity contribution in [2.75, 3.05) is 13.2 Å². The zero-order valence-electron chi connectivity index (χ0n) is 16.1. The van der Waals surface area contributed by atoms with Crippen LogP contribution in [0.2, 0.25) is 0 Å². The highest BCUT2D eigenvalue weighted by molar-refractivity contribution is 5.68. The summed E-state index contributed by atoms with van der Waals surface area (Å²) in [5, 5.41) is 0. The van der Waals surface area contributed by atoms with Crippen LogP contribution in [-0.2, 0) is 16.7 Å². The van der Waals surface area contributed by atoms with Gasteiger partial charge in [0.15, 0.2) is 0 Å². The molecule has 26 heavy (non-hydrogen) atoms. The van der Waals surface area contributed by atoms with Crippen LogP contribution in [0.1, 0.15) is 43.9 Å². The summed E-state index contributed by atoms with van der Waals surface area (Å²) in [4.78, 5) is 2.62. The Morgan fingerprint density at radius 1 is 0.962 bits per heavy atom.